The van der Waals surface area contributed by atoms with E-state index >= 15 is 0 Å². The van der Waals surface area contributed by atoms with Crippen LogP contribution in [0.1, 0.15) is 61.2 Å². The van der Waals surface area contributed by atoms with Crippen LogP contribution in [0.25, 0.3) is 11.1 Å². The van der Waals surface area contributed by atoms with Crippen LogP contribution >= 0.6 is 31.9 Å². The molecular formula is C43H55BBr2N2O3. The molecule has 5 aromatic rings. The van der Waals surface area contributed by atoms with Crippen LogP contribution < -0.4 is 5.46 Å². The third-order valence-electron chi connectivity index (χ3n) is 9.08. The second-order valence-corrected chi connectivity index (χ2v) is 14.5. The van der Waals surface area contributed by atoms with Gasteiger partial charge in [0.1, 0.15) is 5.75 Å². The third kappa shape index (κ3) is 14.9. The number of rotatable bonds is 2. The molecule has 0 aliphatic rings. The Morgan fingerprint density at radius 2 is 0.882 bits per heavy atom. The Morgan fingerprint density at radius 3 is 1.31 bits per heavy atom. The van der Waals surface area contributed by atoms with Gasteiger partial charge in [-0.25, -0.2) is 0 Å². The summed E-state index contributed by atoms with van der Waals surface area (Å²) < 4.78 is 2.16. The molecule has 0 bridgehead atoms. The van der Waals surface area contributed by atoms with E-state index in [1.165, 1.54) is 55.6 Å². The number of halogens is 2. The highest BCUT2D eigenvalue weighted by molar-refractivity contribution is 9.10. The maximum Gasteiger partial charge on any atom is 0.488 e. The van der Waals surface area contributed by atoms with Crippen LogP contribution in [-0.4, -0.2) is 36.4 Å². The molecule has 0 amide bonds. The second kappa shape index (κ2) is 22.4. The van der Waals surface area contributed by atoms with E-state index in [0.29, 0.717) is 11.2 Å². The lowest BCUT2D eigenvalue weighted by Gasteiger charge is -2.12. The number of aryl methyl sites for hydroxylation is 7. The van der Waals surface area contributed by atoms with Gasteiger partial charge in [0.15, 0.2) is 0 Å². The van der Waals surface area contributed by atoms with E-state index in [2.05, 4.69) is 139 Å². The van der Waals surface area contributed by atoms with Crippen molar-refractivity contribution in [3.05, 3.63) is 149 Å². The zero-order valence-corrected chi connectivity index (χ0v) is 35.7. The number of hydrogen-bond acceptors (Lipinski definition) is 5. The average molecular weight is 819 g/mol. The van der Waals surface area contributed by atoms with E-state index in [4.69, 9.17) is 15.2 Å². The van der Waals surface area contributed by atoms with Gasteiger partial charge >= 0.3 is 7.12 Å². The lowest BCUT2D eigenvalue weighted by molar-refractivity contribution is 0.425. The van der Waals surface area contributed by atoms with Crippen LogP contribution in [0, 0.1) is 76.2 Å². The van der Waals surface area contributed by atoms with Crippen LogP contribution in [-0.2, 0) is 0 Å². The summed E-state index contributed by atoms with van der Waals surface area (Å²) in [5, 5.41) is 33.7. The quantitative estimate of drug-likeness (QED) is 0.123. The molecule has 0 aliphatic heterocycles. The molecule has 5 aromatic carbocycles. The molecule has 0 radical (unpaired) electrons. The second-order valence-electron chi connectivity index (χ2n) is 12.6. The standard InChI is InChI=1S/C17H20.C9H13BO2.C8H9Br.C7H7BrO.C2H6N2/c1-11-6-8-16(10-13(11)3)17-9-7-12(2)14(4)15(17)5;1-6-4-5-9(10(11)12)8(3)7(6)2;1-6-3-4-8(9)5-7(6)2;1-5-4-6(8)2-3-7(5)9;1-3-4-2/h6-10H,1-5H3;4-5,11-12H,1-3H3;3-5H,1-2H3;2-4,9H,1H3;1-2H3. The molecule has 5 rings (SSSR count). The highest BCUT2D eigenvalue weighted by atomic mass is 79.9. The Morgan fingerprint density at radius 1 is 0.451 bits per heavy atom. The first-order valence-corrected chi connectivity index (χ1v) is 18.4. The highest BCUT2D eigenvalue weighted by Gasteiger charge is 2.15. The number of phenolic OH excluding ortho intramolecular Hbond substituents is 1. The van der Waals surface area contributed by atoms with Gasteiger partial charge in [0.2, 0.25) is 0 Å². The molecule has 3 N–H and O–H groups in total. The van der Waals surface area contributed by atoms with E-state index in [-0.39, 0.29) is 0 Å². The largest absolute Gasteiger partial charge is 0.508 e. The number of hydrogen-bond donors (Lipinski definition) is 3. The molecule has 0 atom stereocenters. The van der Waals surface area contributed by atoms with Crippen molar-refractivity contribution in [3.63, 3.8) is 0 Å². The normalized spacial score (nSPS) is 10.1. The van der Waals surface area contributed by atoms with Gasteiger partial charge in [-0.2, -0.15) is 10.2 Å². The minimum absolute atomic E-state index is 0.346. The van der Waals surface area contributed by atoms with Crippen molar-refractivity contribution < 1.29 is 15.2 Å². The number of azo groups is 1. The number of benzene rings is 5. The lowest BCUT2D eigenvalue weighted by Crippen LogP contribution is -2.32. The van der Waals surface area contributed by atoms with Gasteiger partial charge in [-0.05, 0) is 184 Å². The summed E-state index contributed by atoms with van der Waals surface area (Å²) in [5.41, 5.74) is 17.0. The molecule has 0 saturated heterocycles. The molecule has 8 heteroatoms. The summed E-state index contributed by atoms with van der Waals surface area (Å²) in [6.45, 7) is 22.9. The minimum atomic E-state index is -1.36. The minimum Gasteiger partial charge on any atom is -0.508 e. The smallest absolute Gasteiger partial charge is 0.488 e. The maximum atomic E-state index is 9.02. The number of aromatic hydroxyl groups is 1. The van der Waals surface area contributed by atoms with Crippen molar-refractivity contribution in [1.29, 1.82) is 0 Å². The van der Waals surface area contributed by atoms with Gasteiger partial charge in [-0.3, -0.25) is 0 Å². The van der Waals surface area contributed by atoms with Crippen molar-refractivity contribution in [2.45, 2.75) is 76.2 Å². The highest BCUT2D eigenvalue weighted by Crippen LogP contribution is 2.28. The van der Waals surface area contributed by atoms with Gasteiger partial charge in [0.25, 0.3) is 0 Å². The summed E-state index contributed by atoms with van der Waals surface area (Å²) in [7, 11) is 1.92. The van der Waals surface area contributed by atoms with Crippen molar-refractivity contribution in [2.75, 3.05) is 14.1 Å². The van der Waals surface area contributed by atoms with Crippen LogP contribution in [0.4, 0.5) is 0 Å². The Labute approximate surface area is 324 Å². The molecule has 0 heterocycles. The Bertz CT molecular complexity index is 1850. The van der Waals surface area contributed by atoms with E-state index < -0.39 is 7.12 Å². The van der Waals surface area contributed by atoms with Crippen molar-refractivity contribution in [2.24, 2.45) is 10.2 Å². The SMILES string of the molecule is CN=NC.Cc1cc(Br)ccc1O.Cc1ccc(-c2ccc(C)c(C)c2C)cc1C.Cc1ccc(B(O)O)c(C)c1C.Cc1ccc(Br)cc1C. The molecular weight excluding hydrogens is 763 g/mol. The van der Waals surface area contributed by atoms with E-state index in [0.717, 1.165) is 25.6 Å². The molecule has 5 nitrogen and oxygen atoms in total. The van der Waals surface area contributed by atoms with Gasteiger partial charge in [-0.1, -0.05) is 80.4 Å². The van der Waals surface area contributed by atoms with E-state index in [1.54, 1.807) is 26.2 Å². The monoisotopic (exact) mass is 816 g/mol. The summed E-state index contributed by atoms with van der Waals surface area (Å²) >= 11 is 6.68. The van der Waals surface area contributed by atoms with Gasteiger partial charge in [0.05, 0.1) is 0 Å². The average Bonchev–Trinajstić information content (AvgIpc) is 3.08. The lowest BCUT2D eigenvalue weighted by atomic mass is 9.75. The molecule has 0 aromatic heterocycles. The fourth-order valence-electron chi connectivity index (χ4n) is 4.76. The first-order chi connectivity index (χ1) is 23.9. The molecule has 272 valence electrons. The zero-order chi connectivity index (χ0) is 39.0. The van der Waals surface area contributed by atoms with Crippen LogP contribution in [0.2, 0.25) is 0 Å². The first kappa shape index (κ1) is 45.5. The van der Waals surface area contributed by atoms with Crippen molar-refractivity contribution in [1.82, 2.24) is 0 Å². The summed E-state index contributed by atoms with van der Waals surface area (Å²) in [6.07, 6.45) is 0. The third-order valence-corrected chi connectivity index (χ3v) is 10.1. The molecule has 0 fully saturated rings. The predicted molar refractivity (Wildman–Crippen MR) is 227 cm³/mol. The number of nitrogens with zero attached hydrogens (tertiary/aromatic N) is 2. The summed E-state index contributed by atoms with van der Waals surface area (Å²) in [4.78, 5) is 0. The molecule has 0 unspecified atom stereocenters. The summed E-state index contributed by atoms with van der Waals surface area (Å²) in [6, 6.07) is 26.5. The molecule has 0 saturated carbocycles. The maximum absolute atomic E-state index is 9.02. The van der Waals surface area contributed by atoms with E-state index in [1.807, 2.05) is 45.9 Å². The topological polar surface area (TPSA) is 85.4 Å². The molecule has 0 aliphatic carbocycles. The van der Waals surface area contributed by atoms with Crippen molar-refractivity contribution >= 4 is 44.4 Å². The van der Waals surface area contributed by atoms with Gasteiger partial charge in [0, 0.05) is 23.0 Å². The fourth-order valence-corrected chi connectivity index (χ4v) is 5.71. The Balaban J connectivity index is 0.000000339. The fraction of sp³-hybridized carbons (Fsp3) is 0.302. The zero-order valence-electron chi connectivity index (χ0n) is 32.6. The van der Waals surface area contributed by atoms with Crippen LogP contribution in [0.5, 0.6) is 5.75 Å². The molecule has 51 heavy (non-hydrogen) atoms. The van der Waals surface area contributed by atoms with Gasteiger partial charge in [-0.15, -0.1) is 0 Å². The first-order valence-electron chi connectivity index (χ1n) is 16.8. The Kier molecular flexibility index (Phi) is 20.0. The predicted octanol–water partition coefficient (Wildman–Crippen LogP) is 11.4. The Hall–Kier alpha value is -3.56. The van der Waals surface area contributed by atoms with Gasteiger partial charge < -0.3 is 15.2 Å². The number of phenols is 1. The van der Waals surface area contributed by atoms with Crippen LogP contribution in [0.15, 0.2) is 98.0 Å². The molecule has 0 spiro atoms. The van der Waals surface area contributed by atoms with Crippen LogP contribution in [0.3, 0.4) is 0 Å². The van der Waals surface area contributed by atoms with E-state index in [9.17, 15) is 0 Å². The van der Waals surface area contributed by atoms with Crippen molar-refractivity contribution in [3.8, 4) is 16.9 Å². The summed E-state index contributed by atoms with van der Waals surface area (Å²) in [5.74, 6) is 0.346.